The van der Waals surface area contributed by atoms with E-state index in [0.717, 1.165) is 25.3 Å². The van der Waals surface area contributed by atoms with Gasteiger partial charge in [-0.15, -0.1) is 17.0 Å². The normalized spacial score (nSPS) is 16.8. The van der Waals surface area contributed by atoms with Crippen LogP contribution < -0.4 is 0 Å². The molecule has 3 nitrogen and oxygen atoms in total. The molecule has 0 aliphatic carbocycles. The van der Waals surface area contributed by atoms with E-state index in [2.05, 4.69) is 6.92 Å². The Morgan fingerprint density at radius 2 is 2.45 bits per heavy atom. The summed E-state index contributed by atoms with van der Waals surface area (Å²) in [6, 6.07) is 0. The predicted octanol–water partition coefficient (Wildman–Crippen LogP) is 1.89. The number of hydrogen-bond donors (Lipinski definition) is 1. The number of hydroxylamine groups is 2. The molecule has 0 saturated carbocycles. The van der Waals surface area contributed by atoms with Gasteiger partial charge in [-0.1, -0.05) is 18.7 Å². The van der Waals surface area contributed by atoms with Gasteiger partial charge in [0, 0.05) is 5.75 Å². The second-order valence-corrected chi connectivity index (χ2v) is 3.17. The maximum absolute atomic E-state index is 7.35. The predicted molar refractivity (Wildman–Crippen MR) is 53.5 cm³/mol. The van der Waals surface area contributed by atoms with Gasteiger partial charge in [-0.2, -0.15) is 0 Å². The van der Waals surface area contributed by atoms with Crippen molar-refractivity contribution in [3.05, 3.63) is 0 Å². The largest absolute Gasteiger partial charge is 0.277 e. The SMILES string of the molecule is Br.CCCON1CCSC1=N. The van der Waals surface area contributed by atoms with E-state index in [0.29, 0.717) is 5.17 Å². The van der Waals surface area contributed by atoms with E-state index in [1.54, 1.807) is 16.8 Å². The second-order valence-electron chi connectivity index (χ2n) is 2.09. The molecule has 0 unspecified atom stereocenters. The van der Waals surface area contributed by atoms with Crippen molar-refractivity contribution in [3.63, 3.8) is 0 Å². The Morgan fingerprint density at radius 1 is 1.73 bits per heavy atom. The van der Waals surface area contributed by atoms with E-state index < -0.39 is 0 Å². The van der Waals surface area contributed by atoms with Gasteiger partial charge in [-0.3, -0.25) is 10.2 Å². The minimum absolute atomic E-state index is 0. The van der Waals surface area contributed by atoms with Crippen LogP contribution in [0.2, 0.25) is 0 Å². The summed E-state index contributed by atoms with van der Waals surface area (Å²) >= 11 is 1.54. The highest BCUT2D eigenvalue weighted by Gasteiger charge is 2.17. The highest BCUT2D eigenvalue weighted by atomic mass is 79.9. The summed E-state index contributed by atoms with van der Waals surface area (Å²) in [6.07, 6.45) is 1.01. The molecule has 1 aliphatic heterocycles. The summed E-state index contributed by atoms with van der Waals surface area (Å²) in [5, 5.41) is 9.56. The van der Waals surface area contributed by atoms with Crippen molar-refractivity contribution in [2.24, 2.45) is 0 Å². The molecular formula is C6H13BrN2OS. The lowest BCUT2D eigenvalue weighted by molar-refractivity contribution is -0.0898. The Morgan fingerprint density at radius 3 is 2.91 bits per heavy atom. The molecule has 0 radical (unpaired) electrons. The topological polar surface area (TPSA) is 36.3 Å². The number of rotatable bonds is 3. The number of thioether (sulfide) groups is 1. The smallest absolute Gasteiger partial charge is 0.180 e. The molecule has 1 rings (SSSR count). The first-order valence-electron chi connectivity index (χ1n) is 3.46. The van der Waals surface area contributed by atoms with E-state index >= 15 is 0 Å². The van der Waals surface area contributed by atoms with E-state index in [-0.39, 0.29) is 17.0 Å². The number of nitrogens with one attached hydrogen (secondary N) is 1. The molecule has 0 aromatic rings. The van der Waals surface area contributed by atoms with Gasteiger partial charge < -0.3 is 0 Å². The van der Waals surface area contributed by atoms with Gasteiger partial charge in [0.2, 0.25) is 0 Å². The Labute approximate surface area is 81.7 Å². The van der Waals surface area contributed by atoms with Gasteiger partial charge in [0.1, 0.15) is 0 Å². The highest BCUT2D eigenvalue weighted by molar-refractivity contribution is 8.93. The molecule has 0 spiro atoms. The summed E-state index contributed by atoms with van der Waals surface area (Å²) in [6.45, 7) is 3.65. The van der Waals surface area contributed by atoms with Crippen molar-refractivity contribution in [3.8, 4) is 0 Å². The zero-order valence-electron chi connectivity index (χ0n) is 6.50. The Bertz CT molecular complexity index is 134. The van der Waals surface area contributed by atoms with E-state index in [4.69, 9.17) is 10.2 Å². The molecule has 66 valence electrons. The maximum Gasteiger partial charge on any atom is 0.180 e. The summed E-state index contributed by atoms with van der Waals surface area (Å²) in [7, 11) is 0. The van der Waals surface area contributed by atoms with E-state index in [1.165, 1.54) is 0 Å². The molecular weight excluding hydrogens is 228 g/mol. The summed E-state index contributed by atoms with van der Waals surface area (Å²) in [5.41, 5.74) is 0. The number of amidine groups is 1. The summed E-state index contributed by atoms with van der Waals surface area (Å²) in [5.74, 6) is 0.989. The van der Waals surface area contributed by atoms with Gasteiger partial charge >= 0.3 is 0 Å². The highest BCUT2D eigenvalue weighted by Crippen LogP contribution is 2.15. The molecule has 0 aromatic heterocycles. The third-order valence-corrected chi connectivity index (χ3v) is 2.07. The average Bonchev–Trinajstić information content (AvgIpc) is 2.31. The fraction of sp³-hybridized carbons (Fsp3) is 0.833. The minimum Gasteiger partial charge on any atom is -0.277 e. The first-order chi connectivity index (χ1) is 4.84. The molecule has 0 amide bonds. The van der Waals surface area contributed by atoms with Crippen molar-refractivity contribution in [2.45, 2.75) is 13.3 Å². The third kappa shape index (κ3) is 3.44. The van der Waals surface area contributed by atoms with Crippen LogP contribution in [-0.2, 0) is 4.84 Å². The first-order valence-corrected chi connectivity index (χ1v) is 4.45. The zero-order valence-corrected chi connectivity index (χ0v) is 9.03. The zero-order chi connectivity index (χ0) is 7.40. The molecule has 11 heavy (non-hydrogen) atoms. The van der Waals surface area contributed by atoms with Crippen LogP contribution in [0.5, 0.6) is 0 Å². The van der Waals surface area contributed by atoms with Gasteiger partial charge in [0.05, 0.1) is 13.2 Å². The van der Waals surface area contributed by atoms with Crippen LogP contribution in [0.15, 0.2) is 0 Å². The van der Waals surface area contributed by atoms with Crippen LogP contribution in [0.1, 0.15) is 13.3 Å². The number of nitrogens with zero attached hydrogens (tertiary/aromatic N) is 1. The molecule has 0 aromatic carbocycles. The van der Waals surface area contributed by atoms with Crippen LogP contribution >= 0.6 is 28.7 Å². The molecule has 0 atom stereocenters. The van der Waals surface area contributed by atoms with Crippen LogP contribution in [0.4, 0.5) is 0 Å². The Hall–Kier alpha value is 0.260. The second kappa shape index (κ2) is 5.85. The summed E-state index contributed by atoms with van der Waals surface area (Å²) in [4.78, 5) is 5.25. The van der Waals surface area contributed by atoms with Crippen molar-refractivity contribution in [1.82, 2.24) is 5.06 Å². The first kappa shape index (κ1) is 11.3. The quantitative estimate of drug-likeness (QED) is 0.819. The van der Waals surface area contributed by atoms with Gasteiger partial charge in [0.15, 0.2) is 5.17 Å². The van der Waals surface area contributed by atoms with Gasteiger partial charge in [-0.05, 0) is 6.42 Å². The monoisotopic (exact) mass is 240 g/mol. The number of halogens is 1. The lowest BCUT2D eigenvalue weighted by Gasteiger charge is -2.14. The van der Waals surface area contributed by atoms with E-state index in [1.807, 2.05) is 0 Å². The lowest BCUT2D eigenvalue weighted by Crippen LogP contribution is -2.24. The minimum atomic E-state index is 0. The molecule has 1 N–H and O–H groups in total. The molecule has 5 heteroatoms. The molecule has 1 saturated heterocycles. The maximum atomic E-state index is 7.35. The molecule has 1 heterocycles. The van der Waals surface area contributed by atoms with Crippen molar-refractivity contribution in [1.29, 1.82) is 5.41 Å². The fourth-order valence-corrected chi connectivity index (χ4v) is 1.46. The van der Waals surface area contributed by atoms with Crippen molar-refractivity contribution < 1.29 is 4.84 Å². The third-order valence-electron chi connectivity index (χ3n) is 1.21. The van der Waals surface area contributed by atoms with Gasteiger partial charge in [-0.25, -0.2) is 5.06 Å². The fourth-order valence-electron chi connectivity index (χ4n) is 0.723. The van der Waals surface area contributed by atoms with E-state index in [9.17, 15) is 0 Å². The van der Waals surface area contributed by atoms with Crippen LogP contribution in [0.3, 0.4) is 0 Å². The van der Waals surface area contributed by atoms with Crippen LogP contribution in [-0.4, -0.2) is 29.1 Å². The van der Waals surface area contributed by atoms with Crippen molar-refractivity contribution in [2.75, 3.05) is 18.9 Å². The standard InChI is InChI=1S/C6H12N2OS.BrH/c1-2-4-9-8-3-5-10-6(8)7;/h7H,2-5H2,1H3;1H. The number of hydrogen-bond acceptors (Lipinski definition) is 3. The molecule has 1 aliphatic rings. The molecule has 0 bridgehead atoms. The average molecular weight is 241 g/mol. The summed E-state index contributed by atoms with van der Waals surface area (Å²) < 4.78 is 0. The van der Waals surface area contributed by atoms with Crippen LogP contribution in [0, 0.1) is 5.41 Å². The van der Waals surface area contributed by atoms with Crippen molar-refractivity contribution >= 4 is 33.9 Å². The van der Waals surface area contributed by atoms with Crippen LogP contribution in [0.25, 0.3) is 0 Å². The molecule has 1 fully saturated rings. The van der Waals surface area contributed by atoms with Gasteiger partial charge in [0.25, 0.3) is 0 Å². The lowest BCUT2D eigenvalue weighted by atomic mass is 10.5. The Kier molecular flexibility index (Phi) is 5.99. The Balaban J connectivity index is 0.000001000.